The number of carbonyl (C=O) groups is 4. The van der Waals surface area contributed by atoms with E-state index >= 15 is 0 Å². The zero-order chi connectivity index (χ0) is 39.9. The van der Waals surface area contributed by atoms with Gasteiger partial charge in [-0.2, -0.15) is 13.2 Å². The lowest BCUT2D eigenvalue weighted by Gasteiger charge is -2.36. The fourth-order valence-electron chi connectivity index (χ4n) is 7.77. The molecule has 4 amide bonds. The molecule has 4 fully saturated rings. The summed E-state index contributed by atoms with van der Waals surface area (Å²) in [6, 6.07) is 7.37. The van der Waals surface area contributed by atoms with Crippen LogP contribution in [0.3, 0.4) is 0 Å². The van der Waals surface area contributed by atoms with Gasteiger partial charge in [-0.15, -0.1) is 0 Å². The summed E-state index contributed by atoms with van der Waals surface area (Å²) in [4.78, 5) is 59.0. The predicted molar refractivity (Wildman–Crippen MR) is 196 cm³/mol. The van der Waals surface area contributed by atoms with Gasteiger partial charge in [-0.1, -0.05) is 50.6 Å². The van der Waals surface area contributed by atoms with Crippen molar-refractivity contribution in [3.63, 3.8) is 0 Å². The third-order valence-electron chi connectivity index (χ3n) is 11.7. The van der Waals surface area contributed by atoms with Crippen molar-refractivity contribution in [2.45, 2.75) is 114 Å². The second-order valence-corrected chi connectivity index (χ2v) is 19.6. The zero-order valence-corrected chi connectivity index (χ0v) is 32.5. The smallest absolute Gasteiger partial charge is 0.416 e. The minimum Gasteiger partial charge on any atom is -0.444 e. The van der Waals surface area contributed by atoms with Crippen LogP contribution in [0.5, 0.6) is 0 Å². The molecule has 3 N–H and O–H groups in total. The van der Waals surface area contributed by atoms with Gasteiger partial charge in [-0.25, -0.2) is 13.2 Å². The van der Waals surface area contributed by atoms with E-state index in [0.717, 1.165) is 36.1 Å². The number of alkyl halides is 3. The molecular formula is C38H45ClF3N5O7S. The van der Waals surface area contributed by atoms with Crippen LogP contribution in [-0.2, 0) is 48.4 Å². The number of sulfonamides is 1. The number of nitrogens with zero attached hydrogens (tertiary/aromatic N) is 2. The van der Waals surface area contributed by atoms with Gasteiger partial charge in [0.25, 0.3) is 5.91 Å². The van der Waals surface area contributed by atoms with Crippen molar-refractivity contribution < 1.29 is 45.5 Å². The minimum atomic E-state index is -4.63. The summed E-state index contributed by atoms with van der Waals surface area (Å²) in [6.45, 7) is 6.93. The van der Waals surface area contributed by atoms with Crippen LogP contribution in [0.1, 0.15) is 82.9 Å². The predicted octanol–water partition coefficient (Wildman–Crippen LogP) is 5.59. The second-order valence-electron chi connectivity index (χ2n) is 17.0. The van der Waals surface area contributed by atoms with Crippen LogP contribution in [0, 0.1) is 17.3 Å². The number of halogens is 4. The Morgan fingerprint density at radius 1 is 1.02 bits per heavy atom. The number of nitrogens with one attached hydrogen (secondary N) is 3. The quantitative estimate of drug-likeness (QED) is 0.281. The molecule has 0 bridgehead atoms. The lowest BCUT2D eigenvalue weighted by Crippen LogP contribution is -2.59. The number of hydrogen-bond acceptors (Lipinski definition) is 8. The normalized spacial score (nSPS) is 26.1. The molecule has 2 aliphatic heterocycles. The maximum Gasteiger partial charge on any atom is 0.416 e. The van der Waals surface area contributed by atoms with Gasteiger partial charge in [0.1, 0.15) is 23.7 Å². The van der Waals surface area contributed by atoms with Crippen LogP contribution in [0.2, 0.25) is 5.02 Å². The van der Waals surface area contributed by atoms with E-state index in [2.05, 4.69) is 15.4 Å². The minimum absolute atomic E-state index is 0.0324. The van der Waals surface area contributed by atoms with E-state index in [9.17, 15) is 40.8 Å². The molecule has 2 aromatic carbocycles. The molecule has 7 rings (SSSR count). The summed E-state index contributed by atoms with van der Waals surface area (Å²) in [5.41, 5.74) is -1.65. The molecule has 17 heteroatoms. The largest absolute Gasteiger partial charge is 0.444 e. The molecule has 3 saturated carbocycles. The number of carbonyl (C=O) groups excluding carboxylic acids is 4. The maximum atomic E-state index is 14.6. The van der Waals surface area contributed by atoms with Crippen LogP contribution in [0.25, 0.3) is 0 Å². The summed E-state index contributed by atoms with van der Waals surface area (Å²) in [6.07, 6.45) is -3.76. The number of benzene rings is 2. The van der Waals surface area contributed by atoms with Gasteiger partial charge in [0.05, 0.1) is 23.4 Å². The number of amides is 4. The van der Waals surface area contributed by atoms with Crippen molar-refractivity contribution in [2.24, 2.45) is 17.3 Å². The lowest BCUT2D eigenvalue weighted by atomic mass is 9.85. The van der Waals surface area contributed by atoms with Crippen LogP contribution >= 0.6 is 11.6 Å². The van der Waals surface area contributed by atoms with Crippen LogP contribution in [0.4, 0.5) is 23.7 Å². The summed E-state index contributed by atoms with van der Waals surface area (Å²) >= 11 is 6.36. The van der Waals surface area contributed by atoms with Gasteiger partial charge in [0.2, 0.25) is 21.8 Å². The summed E-state index contributed by atoms with van der Waals surface area (Å²) in [7, 11) is -4.02. The van der Waals surface area contributed by atoms with Gasteiger partial charge in [-0.05, 0) is 91.7 Å². The van der Waals surface area contributed by atoms with Crippen molar-refractivity contribution in [3.05, 3.63) is 64.2 Å². The standard InChI is InChI=1S/C38H45ClF3N5O7S/c1-35(2,3)30(43-24-9-6-8-23(15-24)38(40,41)42)32(49)47-19-25(54-34(51)46-18-22-7-5-10-28(39)26(22)20-46)16-29(47)31(48)44-37(17-27(37)21-11-12-21)33(50)45-55(52,53)36(4)13-14-36/h5-10,15,21,25,27,29-30,43H,11-14,16-20H2,1-4H3,(H,44,48)(H,45,50). The average molecular weight is 808 g/mol. The number of anilines is 1. The van der Waals surface area contributed by atoms with Gasteiger partial charge in [-0.3, -0.25) is 24.0 Å². The Labute approximate surface area is 322 Å². The average Bonchev–Trinajstić information content (AvgIpc) is 4.05. The molecular weight excluding hydrogens is 763 g/mol. The van der Waals surface area contributed by atoms with E-state index in [-0.39, 0.29) is 50.0 Å². The molecule has 5 aliphatic rings. The summed E-state index contributed by atoms with van der Waals surface area (Å²) < 4.78 is 74.1. The highest BCUT2D eigenvalue weighted by atomic mass is 35.5. The molecule has 0 aromatic heterocycles. The molecule has 0 radical (unpaired) electrons. The third-order valence-corrected chi connectivity index (χ3v) is 14.2. The van der Waals surface area contributed by atoms with E-state index in [4.69, 9.17) is 16.3 Å². The molecule has 3 aliphatic carbocycles. The van der Waals surface area contributed by atoms with Crippen LogP contribution in [-0.4, -0.2) is 77.1 Å². The van der Waals surface area contributed by atoms with Crippen molar-refractivity contribution in [1.29, 1.82) is 0 Å². The highest BCUT2D eigenvalue weighted by Gasteiger charge is 2.67. The van der Waals surface area contributed by atoms with Crippen LogP contribution in [0.15, 0.2) is 42.5 Å². The highest BCUT2D eigenvalue weighted by Crippen LogP contribution is 2.57. The van der Waals surface area contributed by atoms with E-state index in [1.807, 2.05) is 6.07 Å². The SMILES string of the molecule is CC(C)(C)C(Nc1cccc(C(F)(F)F)c1)C(=O)N1CC(OC(=O)N2Cc3cccc(Cl)c3C2)CC1C(=O)NC1(C(=O)NS(=O)(=O)C2(C)CC2)CC1C1CC1. The lowest BCUT2D eigenvalue weighted by molar-refractivity contribution is -0.141. The van der Waals surface area contributed by atoms with Gasteiger partial charge >= 0.3 is 12.3 Å². The highest BCUT2D eigenvalue weighted by molar-refractivity contribution is 7.91. The molecule has 12 nitrogen and oxygen atoms in total. The molecule has 0 spiro atoms. The summed E-state index contributed by atoms with van der Waals surface area (Å²) in [5, 5.41) is 6.30. The molecule has 1 saturated heterocycles. The summed E-state index contributed by atoms with van der Waals surface area (Å²) in [5.74, 6) is -2.36. The monoisotopic (exact) mass is 807 g/mol. The zero-order valence-electron chi connectivity index (χ0n) is 31.0. The van der Waals surface area contributed by atoms with Crippen molar-refractivity contribution >= 4 is 51.1 Å². The number of ether oxygens (including phenoxy) is 1. The first-order valence-corrected chi connectivity index (χ1v) is 20.3. The first-order valence-electron chi connectivity index (χ1n) is 18.5. The Bertz CT molecular complexity index is 2030. The number of likely N-dealkylation sites (tertiary alicyclic amines) is 1. The molecule has 55 heavy (non-hydrogen) atoms. The second kappa shape index (κ2) is 13.6. The maximum absolute atomic E-state index is 14.6. The van der Waals surface area contributed by atoms with E-state index < -0.39 is 79.5 Å². The third kappa shape index (κ3) is 7.72. The Morgan fingerprint density at radius 2 is 1.71 bits per heavy atom. The van der Waals surface area contributed by atoms with Crippen molar-refractivity contribution in [3.8, 4) is 0 Å². The van der Waals surface area contributed by atoms with Crippen LogP contribution < -0.4 is 15.4 Å². The topological polar surface area (TPSA) is 154 Å². The Hall–Kier alpha value is -4.05. The van der Waals surface area contributed by atoms with Gasteiger partial charge in [0.15, 0.2) is 0 Å². The van der Waals surface area contributed by atoms with E-state index in [1.165, 1.54) is 21.9 Å². The Balaban J connectivity index is 1.15. The van der Waals surface area contributed by atoms with Crippen molar-refractivity contribution in [1.82, 2.24) is 19.8 Å². The number of fused-ring (bicyclic) bond motifs is 1. The first-order chi connectivity index (χ1) is 25.6. The van der Waals surface area contributed by atoms with Gasteiger partial charge in [0, 0.05) is 23.7 Å². The fraction of sp³-hybridized carbons (Fsp3) is 0.579. The van der Waals surface area contributed by atoms with Crippen molar-refractivity contribution in [2.75, 3.05) is 11.9 Å². The number of rotatable bonds is 10. The molecule has 5 unspecified atom stereocenters. The first kappa shape index (κ1) is 39.2. The molecule has 298 valence electrons. The van der Waals surface area contributed by atoms with E-state index in [0.29, 0.717) is 17.9 Å². The van der Waals surface area contributed by atoms with E-state index in [1.54, 1.807) is 39.8 Å². The Morgan fingerprint density at radius 3 is 2.33 bits per heavy atom. The Kier molecular flexibility index (Phi) is 9.66. The molecule has 2 heterocycles. The fourth-order valence-corrected chi connectivity index (χ4v) is 9.34. The number of hydrogen-bond donors (Lipinski definition) is 3. The molecule has 2 aromatic rings. The molecule has 5 atom stereocenters. The van der Waals surface area contributed by atoms with Gasteiger partial charge < -0.3 is 20.3 Å².